The van der Waals surface area contributed by atoms with Crippen molar-refractivity contribution in [2.75, 3.05) is 10.6 Å². The summed E-state index contributed by atoms with van der Waals surface area (Å²) in [6.45, 7) is 5.89. The van der Waals surface area contributed by atoms with Gasteiger partial charge in [0.1, 0.15) is 5.82 Å². The maximum atomic E-state index is 13.0. The Balaban J connectivity index is 1.57. The van der Waals surface area contributed by atoms with Crippen LogP contribution in [-0.4, -0.2) is 21.8 Å². The predicted octanol–water partition coefficient (Wildman–Crippen LogP) is 4.05. The van der Waals surface area contributed by atoms with Crippen LogP contribution in [0.4, 0.5) is 11.5 Å². The van der Waals surface area contributed by atoms with Gasteiger partial charge in [-0.15, -0.1) is 0 Å². The van der Waals surface area contributed by atoms with Gasteiger partial charge >= 0.3 is 0 Å². The van der Waals surface area contributed by atoms with Crippen molar-refractivity contribution in [1.29, 1.82) is 0 Å². The van der Waals surface area contributed by atoms with Crippen LogP contribution in [0.5, 0.6) is 0 Å². The van der Waals surface area contributed by atoms with Crippen molar-refractivity contribution >= 4 is 35.1 Å². The number of fused-ring (bicyclic) bond motifs is 1. The van der Waals surface area contributed by atoms with Crippen molar-refractivity contribution in [2.45, 2.75) is 44.0 Å². The van der Waals surface area contributed by atoms with Gasteiger partial charge in [-0.2, -0.15) is 0 Å². The zero-order chi connectivity index (χ0) is 22.8. The summed E-state index contributed by atoms with van der Waals surface area (Å²) >= 11 is 1.36. The number of thioether (sulfide) groups is 1. The summed E-state index contributed by atoms with van der Waals surface area (Å²) in [6, 6.07) is 13.8. The van der Waals surface area contributed by atoms with Crippen molar-refractivity contribution in [1.82, 2.24) is 9.97 Å². The number of nitrogens with one attached hydrogen (secondary N) is 3. The van der Waals surface area contributed by atoms with Crippen LogP contribution in [0, 0.1) is 20.8 Å². The van der Waals surface area contributed by atoms with E-state index in [1.807, 2.05) is 63.2 Å². The van der Waals surface area contributed by atoms with E-state index in [-0.39, 0.29) is 23.7 Å². The Morgan fingerprint density at radius 1 is 1.09 bits per heavy atom. The number of amides is 2. The number of anilines is 2. The SMILES string of the molecule is Cc1ccc(CSc2nc3c(c(=O)[nH]2)C(C(=O)Nc2ccc(C)cc2C)CC(=O)N3)cc1. The Hall–Kier alpha value is -3.39. The number of rotatable bonds is 5. The second-order valence-electron chi connectivity index (χ2n) is 8.02. The van der Waals surface area contributed by atoms with Crippen molar-refractivity contribution < 1.29 is 9.59 Å². The van der Waals surface area contributed by atoms with Gasteiger partial charge in [-0.25, -0.2) is 4.98 Å². The standard InChI is InChI=1S/C24H24N4O3S/c1-13-4-7-16(8-5-13)12-32-24-27-21-20(23(31)28-24)17(11-19(29)26-21)22(30)25-18-9-6-14(2)10-15(18)3/h4-10,17H,11-12H2,1-3H3,(H,25,30)(H2,26,27,28,29,31). The number of aromatic nitrogens is 2. The van der Waals surface area contributed by atoms with Crippen LogP contribution in [0.25, 0.3) is 0 Å². The van der Waals surface area contributed by atoms with Crippen LogP contribution in [0.15, 0.2) is 52.4 Å². The molecule has 3 aromatic rings. The summed E-state index contributed by atoms with van der Waals surface area (Å²) in [5.74, 6) is -0.887. The third-order valence-electron chi connectivity index (χ3n) is 5.38. The van der Waals surface area contributed by atoms with Gasteiger partial charge in [0.25, 0.3) is 5.56 Å². The van der Waals surface area contributed by atoms with Gasteiger partial charge in [-0.05, 0) is 38.0 Å². The Morgan fingerprint density at radius 2 is 1.81 bits per heavy atom. The fourth-order valence-corrected chi connectivity index (χ4v) is 4.47. The lowest BCUT2D eigenvalue weighted by Crippen LogP contribution is -2.36. The molecule has 0 spiro atoms. The highest BCUT2D eigenvalue weighted by molar-refractivity contribution is 7.98. The van der Waals surface area contributed by atoms with Gasteiger partial charge < -0.3 is 15.6 Å². The number of hydrogen-bond acceptors (Lipinski definition) is 5. The molecule has 3 N–H and O–H groups in total. The maximum absolute atomic E-state index is 13.0. The number of carbonyl (C=O) groups excluding carboxylic acids is 2. The van der Waals surface area contributed by atoms with Gasteiger partial charge in [-0.3, -0.25) is 14.4 Å². The summed E-state index contributed by atoms with van der Waals surface area (Å²) in [5, 5.41) is 5.90. The molecule has 8 heteroatoms. The monoisotopic (exact) mass is 448 g/mol. The fraction of sp³-hybridized carbons (Fsp3) is 0.250. The van der Waals surface area contributed by atoms with Gasteiger partial charge in [0.15, 0.2) is 5.16 Å². The average Bonchev–Trinajstić information content (AvgIpc) is 2.74. The fourth-order valence-electron chi connectivity index (χ4n) is 3.65. The van der Waals surface area contributed by atoms with Crippen LogP contribution in [-0.2, 0) is 15.3 Å². The van der Waals surface area contributed by atoms with Crippen molar-refractivity contribution in [3.63, 3.8) is 0 Å². The summed E-state index contributed by atoms with van der Waals surface area (Å²) in [6.07, 6.45) is -0.107. The van der Waals surface area contributed by atoms with Crippen LogP contribution >= 0.6 is 11.8 Å². The first-order chi connectivity index (χ1) is 15.3. The number of nitrogens with zero attached hydrogens (tertiary/aromatic N) is 1. The molecule has 0 saturated carbocycles. The molecule has 164 valence electrons. The van der Waals surface area contributed by atoms with E-state index in [9.17, 15) is 14.4 Å². The normalized spacial score (nSPS) is 15.1. The number of benzene rings is 2. The molecular formula is C24H24N4O3S. The minimum atomic E-state index is -0.910. The number of aromatic amines is 1. The molecule has 0 bridgehead atoms. The molecular weight excluding hydrogens is 424 g/mol. The number of carbonyl (C=O) groups is 2. The average molecular weight is 449 g/mol. The molecule has 4 rings (SSSR count). The Bertz CT molecular complexity index is 1250. The number of aryl methyl sites for hydroxylation is 3. The van der Waals surface area contributed by atoms with Crippen molar-refractivity contribution in [3.8, 4) is 0 Å². The van der Waals surface area contributed by atoms with Gasteiger partial charge in [-0.1, -0.05) is 59.3 Å². The molecule has 1 aromatic heterocycles. The quantitative estimate of drug-likeness (QED) is 0.403. The minimum absolute atomic E-state index is 0.107. The van der Waals surface area contributed by atoms with E-state index in [0.717, 1.165) is 16.7 Å². The molecule has 32 heavy (non-hydrogen) atoms. The van der Waals surface area contributed by atoms with Crippen LogP contribution in [0.3, 0.4) is 0 Å². The molecule has 1 atom stereocenters. The summed E-state index contributed by atoms with van der Waals surface area (Å²) < 4.78 is 0. The largest absolute Gasteiger partial charge is 0.325 e. The zero-order valence-electron chi connectivity index (χ0n) is 18.1. The highest BCUT2D eigenvalue weighted by Gasteiger charge is 2.35. The molecule has 7 nitrogen and oxygen atoms in total. The van der Waals surface area contributed by atoms with E-state index in [0.29, 0.717) is 16.6 Å². The third kappa shape index (κ3) is 4.75. The molecule has 2 amide bonds. The van der Waals surface area contributed by atoms with Crippen molar-refractivity contribution in [3.05, 3.63) is 80.6 Å². The first-order valence-corrected chi connectivity index (χ1v) is 11.3. The second-order valence-corrected chi connectivity index (χ2v) is 8.98. The summed E-state index contributed by atoms with van der Waals surface area (Å²) in [4.78, 5) is 45.4. The molecule has 1 aliphatic heterocycles. The van der Waals surface area contributed by atoms with E-state index in [2.05, 4.69) is 20.6 Å². The molecule has 0 radical (unpaired) electrons. The van der Waals surface area contributed by atoms with Crippen molar-refractivity contribution in [2.24, 2.45) is 0 Å². The maximum Gasteiger partial charge on any atom is 0.257 e. The van der Waals surface area contributed by atoms with E-state index in [1.165, 1.54) is 17.3 Å². The topological polar surface area (TPSA) is 104 Å². The van der Waals surface area contributed by atoms with Crippen LogP contribution in [0.2, 0.25) is 0 Å². The predicted molar refractivity (Wildman–Crippen MR) is 126 cm³/mol. The highest BCUT2D eigenvalue weighted by Crippen LogP contribution is 2.31. The first kappa shape index (κ1) is 21.8. The van der Waals surface area contributed by atoms with E-state index < -0.39 is 17.4 Å². The van der Waals surface area contributed by atoms with Crippen LogP contribution in [0.1, 0.15) is 40.2 Å². The first-order valence-electron chi connectivity index (χ1n) is 10.3. The molecule has 0 fully saturated rings. The van der Waals surface area contributed by atoms with E-state index >= 15 is 0 Å². The van der Waals surface area contributed by atoms with Gasteiger partial charge in [0.2, 0.25) is 11.8 Å². The Kier molecular flexibility index (Phi) is 6.14. The highest BCUT2D eigenvalue weighted by atomic mass is 32.2. The molecule has 0 saturated heterocycles. The Labute approximate surface area is 190 Å². The smallest absolute Gasteiger partial charge is 0.257 e. The lowest BCUT2D eigenvalue weighted by molar-refractivity contribution is -0.123. The Morgan fingerprint density at radius 3 is 2.53 bits per heavy atom. The van der Waals surface area contributed by atoms with Crippen LogP contribution < -0.4 is 16.2 Å². The number of hydrogen-bond donors (Lipinski definition) is 3. The van der Waals surface area contributed by atoms with E-state index in [4.69, 9.17) is 0 Å². The number of H-pyrrole nitrogens is 1. The molecule has 1 unspecified atom stereocenters. The van der Waals surface area contributed by atoms with Gasteiger partial charge in [0, 0.05) is 17.9 Å². The lowest BCUT2D eigenvalue weighted by atomic mass is 9.92. The summed E-state index contributed by atoms with van der Waals surface area (Å²) in [7, 11) is 0. The summed E-state index contributed by atoms with van der Waals surface area (Å²) in [5.41, 5.74) is 4.69. The molecule has 0 aliphatic carbocycles. The third-order valence-corrected chi connectivity index (χ3v) is 6.33. The molecule has 1 aliphatic rings. The second kappa shape index (κ2) is 9.00. The molecule has 2 aromatic carbocycles. The van der Waals surface area contributed by atoms with Gasteiger partial charge in [0.05, 0.1) is 11.5 Å². The molecule has 2 heterocycles. The zero-order valence-corrected chi connectivity index (χ0v) is 18.9. The lowest BCUT2D eigenvalue weighted by Gasteiger charge is -2.24. The minimum Gasteiger partial charge on any atom is -0.325 e. The van der Waals surface area contributed by atoms with E-state index in [1.54, 1.807) is 0 Å².